The number of nitrogens with zero attached hydrogens (tertiary/aromatic N) is 2. The lowest BCUT2D eigenvalue weighted by atomic mass is 9.97. The van der Waals surface area contributed by atoms with Gasteiger partial charge in [-0.25, -0.2) is 0 Å². The van der Waals surface area contributed by atoms with Crippen molar-refractivity contribution in [3.8, 4) is 0 Å². The Hall–Kier alpha value is -0.570. The minimum Gasteiger partial charge on any atom is -0.356 e. The molecule has 0 aromatic heterocycles. The van der Waals surface area contributed by atoms with Gasteiger partial charge in [-0.2, -0.15) is 0 Å². The van der Waals surface area contributed by atoms with E-state index < -0.39 is 0 Å². The van der Waals surface area contributed by atoms with Crippen molar-refractivity contribution >= 4 is 5.84 Å². The zero-order valence-corrected chi connectivity index (χ0v) is 9.29. The van der Waals surface area contributed by atoms with Crippen LogP contribution in [-0.4, -0.2) is 43.0 Å². The van der Waals surface area contributed by atoms with Gasteiger partial charge in [0.25, 0.3) is 0 Å². The van der Waals surface area contributed by atoms with Crippen molar-refractivity contribution in [1.29, 1.82) is 0 Å². The fourth-order valence-electron chi connectivity index (χ4n) is 2.44. The van der Waals surface area contributed by atoms with Gasteiger partial charge in [0.2, 0.25) is 0 Å². The van der Waals surface area contributed by atoms with E-state index in [1.165, 1.54) is 25.2 Å². The standard InChI is InChI=1S/C11H21N3/c1-9(2)14-7-6-13-11(14)10-4-3-5-12-8-10/h9-10,12H,3-8H2,1-2H3. The number of piperidine rings is 1. The topological polar surface area (TPSA) is 27.6 Å². The van der Waals surface area contributed by atoms with Crippen LogP contribution in [0.15, 0.2) is 4.99 Å². The van der Waals surface area contributed by atoms with Crippen LogP contribution in [0.5, 0.6) is 0 Å². The summed E-state index contributed by atoms with van der Waals surface area (Å²) in [5.41, 5.74) is 0. The van der Waals surface area contributed by atoms with Gasteiger partial charge in [0.05, 0.1) is 6.54 Å². The summed E-state index contributed by atoms with van der Waals surface area (Å²) in [5, 5.41) is 3.46. The Morgan fingerprint density at radius 2 is 2.36 bits per heavy atom. The van der Waals surface area contributed by atoms with E-state index in [0.29, 0.717) is 12.0 Å². The maximum absolute atomic E-state index is 4.66. The minimum atomic E-state index is 0.609. The molecule has 0 bridgehead atoms. The second-order valence-corrected chi connectivity index (χ2v) is 4.57. The molecule has 1 fully saturated rings. The van der Waals surface area contributed by atoms with Crippen molar-refractivity contribution in [2.75, 3.05) is 26.2 Å². The van der Waals surface area contributed by atoms with Gasteiger partial charge in [0.15, 0.2) is 0 Å². The van der Waals surface area contributed by atoms with Crippen molar-refractivity contribution in [3.05, 3.63) is 0 Å². The van der Waals surface area contributed by atoms with Gasteiger partial charge in [-0.1, -0.05) is 0 Å². The lowest BCUT2D eigenvalue weighted by Crippen LogP contribution is -2.43. The molecule has 3 heteroatoms. The molecular weight excluding hydrogens is 174 g/mol. The Balaban J connectivity index is 2.01. The fraction of sp³-hybridized carbons (Fsp3) is 0.909. The molecule has 14 heavy (non-hydrogen) atoms. The Kier molecular flexibility index (Phi) is 3.06. The third-order valence-electron chi connectivity index (χ3n) is 3.19. The van der Waals surface area contributed by atoms with Gasteiger partial charge >= 0.3 is 0 Å². The molecule has 0 spiro atoms. The normalized spacial score (nSPS) is 28.4. The summed E-state index contributed by atoms with van der Waals surface area (Å²) in [7, 11) is 0. The van der Waals surface area contributed by atoms with Crippen molar-refractivity contribution in [3.63, 3.8) is 0 Å². The summed E-state index contributed by atoms with van der Waals surface area (Å²) < 4.78 is 0. The van der Waals surface area contributed by atoms with Gasteiger partial charge in [0, 0.05) is 25.0 Å². The molecule has 0 saturated carbocycles. The van der Waals surface area contributed by atoms with Crippen LogP contribution in [0.25, 0.3) is 0 Å². The lowest BCUT2D eigenvalue weighted by molar-refractivity contribution is 0.343. The van der Waals surface area contributed by atoms with Crippen molar-refractivity contribution in [2.45, 2.75) is 32.7 Å². The first-order valence-corrected chi connectivity index (χ1v) is 5.80. The molecule has 2 rings (SSSR count). The first kappa shape index (κ1) is 9.97. The summed E-state index contributed by atoms with van der Waals surface area (Å²) in [6.45, 7) is 8.97. The summed E-state index contributed by atoms with van der Waals surface area (Å²) in [4.78, 5) is 7.13. The van der Waals surface area contributed by atoms with Crippen LogP contribution in [0.1, 0.15) is 26.7 Å². The SMILES string of the molecule is CC(C)N1CCN=C1C1CCCNC1. The molecule has 1 unspecified atom stereocenters. The molecule has 0 aliphatic carbocycles. The van der Waals surface area contributed by atoms with Crippen LogP contribution in [-0.2, 0) is 0 Å². The number of nitrogens with one attached hydrogen (secondary N) is 1. The number of hydrogen-bond acceptors (Lipinski definition) is 3. The van der Waals surface area contributed by atoms with Crippen LogP contribution in [0.4, 0.5) is 0 Å². The van der Waals surface area contributed by atoms with E-state index in [4.69, 9.17) is 0 Å². The van der Waals surface area contributed by atoms with Crippen LogP contribution in [0.3, 0.4) is 0 Å². The molecule has 0 amide bonds. The Bertz CT molecular complexity index is 217. The molecule has 2 aliphatic rings. The molecule has 80 valence electrons. The molecular formula is C11H21N3. The summed E-state index contributed by atoms with van der Waals surface area (Å²) in [5.74, 6) is 2.04. The smallest absolute Gasteiger partial charge is 0.104 e. The van der Waals surface area contributed by atoms with Crippen LogP contribution < -0.4 is 5.32 Å². The lowest BCUT2D eigenvalue weighted by Gasteiger charge is -2.32. The highest BCUT2D eigenvalue weighted by Crippen LogP contribution is 2.19. The van der Waals surface area contributed by atoms with Gasteiger partial charge in [-0.15, -0.1) is 0 Å². The van der Waals surface area contributed by atoms with Crippen molar-refractivity contribution in [2.24, 2.45) is 10.9 Å². The highest BCUT2D eigenvalue weighted by Gasteiger charge is 2.27. The predicted molar refractivity (Wildman–Crippen MR) is 59.7 cm³/mol. The number of rotatable bonds is 2. The molecule has 1 N–H and O–H groups in total. The average molecular weight is 195 g/mol. The minimum absolute atomic E-state index is 0.609. The monoisotopic (exact) mass is 195 g/mol. The van der Waals surface area contributed by atoms with Gasteiger partial charge in [0.1, 0.15) is 5.84 Å². The molecule has 1 atom stereocenters. The largest absolute Gasteiger partial charge is 0.356 e. The molecule has 0 aromatic carbocycles. The summed E-state index contributed by atoms with van der Waals surface area (Å²) in [6.07, 6.45) is 2.62. The van der Waals surface area contributed by atoms with E-state index in [0.717, 1.165) is 19.6 Å². The van der Waals surface area contributed by atoms with Gasteiger partial charge in [-0.05, 0) is 33.2 Å². The second-order valence-electron chi connectivity index (χ2n) is 4.57. The molecule has 0 radical (unpaired) electrons. The summed E-state index contributed by atoms with van der Waals surface area (Å²) in [6, 6.07) is 0.609. The van der Waals surface area contributed by atoms with Gasteiger partial charge < -0.3 is 10.2 Å². The van der Waals surface area contributed by atoms with E-state index in [1.807, 2.05) is 0 Å². The molecule has 0 aromatic rings. The molecule has 1 saturated heterocycles. The van der Waals surface area contributed by atoms with Crippen molar-refractivity contribution < 1.29 is 0 Å². The first-order valence-electron chi connectivity index (χ1n) is 5.80. The zero-order chi connectivity index (χ0) is 9.97. The fourth-order valence-corrected chi connectivity index (χ4v) is 2.44. The quantitative estimate of drug-likeness (QED) is 0.715. The van der Waals surface area contributed by atoms with E-state index >= 15 is 0 Å². The Labute approximate surface area is 86.6 Å². The third kappa shape index (κ3) is 1.92. The second kappa shape index (κ2) is 4.30. The number of amidine groups is 1. The molecule has 3 nitrogen and oxygen atoms in total. The van der Waals surface area contributed by atoms with Crippen LogP contribution in [0, 0.1) is 5.92 Å². The first-order chi connectivity index (χ1) is 6.79. The Morgan fingerprint density at radius 1 is 1.50 bits per heavy atom. The zero-order valence-electron chi connectivity index (χ0n) is 9.29. The number of hydrogen-bond donors (Lipinski definition) is 1. The van der Waals surface area contributed by atoms with Crippen LogP contribution >= 0.6 is 0 Å². The highest BCUT2D eigenvalue weighted by atomic mass is 15.3. The van der Waals surface area contributed by atoms with Gasteiger partial charge in [-0.3, -0.25) is 4.99 Å². The predicted octanol–water partition coefficient (Wildman–Crippen LogP) is 1.11. The number of aliphatic imine (C=N–C) groups is 1. The molecule has 2 aliphatic heterocycles. The van der Waals surface area contributed by atoms with E-state index in [1.54, 1.807) is 0 Å². The summed E-state index contributed by atoms with van der Waals surface area (Å²) >= 11 is 0. The van der Waals surface area contributed by atoms with Crippen molar-refractivity contribution in [1.82, 2.24) is 10.2 Å². The Morgan fingerprint density at radius 3 is 3.00 bits per heavy atom. The van der Waals surface area contributed by atoms with E-state index in [2.05, 4.69) is 29.1 Å². The maximum atomic E-state index is 4.66. The highest BCUT2D eigenvalue weighted by molar-refractivity contribution is 5.86. The van der Waals surface area contributed by atoms with E-state index in [-0.39, 0.29) is 0 Å². The van der Waals surface area contributed by atoms with Crippen LogP contribution in [0.2, 0.25) is 0 Å². The average Bonchev–Trinajstić information content (AvgIpc) is 2.67. The third-order valence-corrected chi connectivity index (χ3v) is 3.19. The maximum Gasteiger partial charge on any atom is 0.104 e. The van der Waals surface area contributed by atoms with E-state index in [9.17, 15) is 0 Å². The molecule has 2 heterocycles.